The first kappa shape index (κ1) is 18.7. The van der Waals surface area contributed by atoms with Crippen LogP contribution in [0.4, 0.5) is 5.69 Å². The summed E-state index contributed by atoms with van der Waals surface area (Å²) in [4.78, 5) is 17.6. The standard InChI is InChI=1S/C22H31N3O/c1-17-15-20(18(2)25(17)22(3,4)5)21(26)16-23-11-13-24(14-12-23)19-9-7-6-8-10-19/h6-10,15H,11-14,16H2,1-5H3. The van der Waals surface area contributed by atoms with Gasteiger partial charge in [0, 0.05) is 54.4 Å². The molecule has 0 bridgehead atoms. The van der Waals surface area contributed by atoms with Gasteiger partial charge in [-0.15, -0.1) is 0 Å². The molecule has 0 N–H and O–H groups in total. The number of ketones is 1. The highest BCUT2D eigenvalue weighted by molar-refractivity contribution is 5.99. The topological polar surface area (TPSA) is 28.5 Å². The van der Waals surface area contributed by atoms with Crippen LogP contribution in [0.1, 0.15) is 42.5 Å². The second-order valence-corrected chi connectivity index (χ2v) is 8.31. The van der Waals surface area contributed by atoms with Crippen LogP contribution in [0.2, 0.25) is 0 Å². The number of Topliss-reactive ketones (excluding diaryl/α,β-unsaturated/α-hetero) is 1. The molecule has 2 aromatic rings. The number of rotatable bonds is 4. The van der Waals surface area contributed by atoms with Gasteiger partial charge < -0.3 is 9.47 Å². The van der Waals surface area contributed by atoms with Crippen molar-refractivity contribution in [3.8, 4) is 0 Å². The van der Waals surface area contributed by atoms with Gasteiger partial charge in [0.15, 0.2) is 5.78 Å². The Balaban J connectivity index is 1.63. The smallest absolute Gasteiger partial charge is 0.178 e. The summed E-state index contributed by atoms with van der Waals surface area (Å²) in [6.45, 7) is 15.0. The highest BCUT2D eigenvalue weighted by Gasteiger charge is 2.25. The molecular formula is C22H31N3O. The van der Waals surface area contributed by atoms with E-state index in [0.717, 1.165) is 43.1 Å². The Morgan fingerprint density at radius 3 is 2.15 bits per heavy atom. The first-order valence-electron chi connectivity index (χ1n) is 9.52. The molecule has 140 valence electrons. The SMILES string of the molecule is Cc1cc(C(=O)CN2CCN(c3ccccc3)CC2)c(C)n1C(C)(C)C. The third kappa shape index (κ3) is 3.85. The third-order valence-corrected chi connectivity index (χ3v) is 5.26. The van der Waals surface area contributed by atoms with Crippen molar-refractivity contribution in [1.82, 2.24) is 9.47 Å². The Hall–Kier alpha value is -2.07. The van der Waals surface area contributed by atoms with E-state index in [1.54, 1.807) is 0 Å². The number of carbonyl (C=O) groups excluding carboxylic acids is 1. The molecule has 1 aromatic heterocycles. The number of nitrogens with zero attached hydrogens (tertiary/aromatic N) is 3. The van der Waals surface area contributed by atoms with Gasteiger partial charge in [-0.05, 0) is 52.8 Å². The third-order valence-electron chi connectivity index (χ3n) is 5.26. The van der Waals surface area contributed by atoms with E-state index < -0.39 is 0 Å². The maximum Gasteiger partial charge on any atom is 0.178 e. The van der Waals surface area contributed by atoms with Gasteiger partial charge in [-0.1, -0.05) is 18.2 Å². The molecule has 4 nitrogen and oxygen atoms in total. The summed E-state index contributed by atoms with van der Waals surface area (Å²) < 4.78 is 2.27. The first-order valence-corrected chi connectivity index (χ1v) is 9.52. The van der Waals surface area contributed by atoms with E-state index in [0.29, 0.717) is 6.54 Å². The van der Waals surface area contributed by atoms with E-state index in [-0.39, 0.29) is 11.3 Å². The minimum absolute atomic E-state index is 0.00595. The normalized spacial score (nSPS) is 16.1. The molecule has 0 radical (unpaired) electrons. The summed E-state index contributed by atoms with van der Waals surface area (Å²) >= 11 is 0. The molecule has 1 aliphatic rings. The van der Waals surface area contributed by atoms with Crippen molar-refractivity contribution < 1.29 is 4.79 Å². The molecule has 1 saturated heterocycles. The number of para-hydroxylation sites is 1. The van der Waals surface area contributed by atoms with Gasteiger partial charge in [-0.2, -0.15) is 0 Å². The largest absolute Gasteiger partial charge is 0.369 e. The van der Waals surface area contributed by atoms with Crippen molar-refractivity contribution >= 4 is 11.5 Å². The molecule has 0 atom stereocenters. The number of hydrogen-bond donors (Lipinski definition) is 0. The van der Waals surface area contributed by atoms with Gasteiger partial charge >= 0.3 is 0 Å². The quantitative estimate of drug-likeness (QED) is 0.781. The van der Waals surface area contributed by atoms with E-state index in [1.165, 1.54) is 5.69 Å². The average Bonchev–Trinajstić information content (AvgIpc) is 2.91. The summed E-state index contributed by atoms with van der Waals surface area (Å²) in [5, 5.41) is 0. The maximum atomic E-state index is 12.9. The second-order valence-electron chi connectivity index (χ2n) is 8.31. The van der Waals surface area contributed by atoms with E-state index in [9.17, 15) is 4.79 Å². The minimum Gasteiger partial charge on any atom is -0.369 e. The van der Waals surface area contributed by atoms with E-state index in [2.05, 4.69) is 79.3 Å². The zero-order valence-electron chi connectivity index (χ0n) is 16.7. The molecule has 0 spiro atoms. The van der Waals surface area contributed by atoms with Gasteiger partial charge in [0.25, 0.3) is 0 Å². The summed E-state index contributed by atoms with van der Waals surface area (Å²) in [6.07, 6.45) is 0. The average molecular weight is 354 g/mol. The van der Waals surface area contributed by atoms with Crippen molar-refractivity contribution in [1.29, 1.82) is 0 Å². The Labute approximate surface area is 157 Å². The van der Waals surface area contributed by atoms with Crippen LogP contribution >= 0.6 is 0 Å². The molecule has 1 fully saturated rings. The Morgan fingerprint density at radius 1 is 1.00 bits per heavy atom. The van der Waals surface area contributed by atoms with Gasteiger partial charge in [-0.25, -0.2) is 0 Å². The van der Waals surface area contributed by atoms with Crippen LogP contribution in [0.15, 0.2) is 36.4 Å². The molecule has 0 aliphatic carbocycles. The fourth-order valence-electron chi connectivity index (χ4n) is 4.17. The lowest BCUT2D eigenvalue weighted by molar-refractivity contribution is 0.0925. The number of anilines is 1. The summed E-state index contributed by atoms with van der Waals surface area (Å²) in [7, 11) is 0. The molecule has 1 aliphatic heterocycles. The number of benzene rings is 1. The molecule has 0 amide bonds. The predicted molar refractivity (Wildman–Crippen MR) is 108 cm³/mol. The molecule has 1 aromatic carbocycles. The van der Waals surface area contributed by atoms with Crippen LogP contribution < -0.4 is 4.90 Å². The molecular weight excluding hydrogens is 322 g/mol. The molecule has 4 heteroatoms. The predicted octanol–water partition coefficient (Wildman–Crippen LogP) is 3.86. The zero-order chi connectivity index (χ0) is 18.9. The lowest BCUT2D eigenvalue weighted by atomic mass is 10.1. The Bertz CT molecular complexity index is 763. The number of aromatic nitrogens is 1. The monoisotopic (exact) mass is 353 g/mol. The summed E-state index contributed by atoms with van der Waals surface area (Å²) in [5.41, 5.74) is 4.39. The fourth-order valence-corrected chi connectivity index (χ4v) is 4.17. The molecule has 0 unspecified atom stereocenters. The van der Waals surface area contributed by atoms with Crippen molar-refractivity contribution in [2.24, 2.45) is 0 Å². The number of piperazine rings is 1. The van der Waals surface area contributed by atoms with Crippen molar-refractivity contribution in [3.05, 3.63) is 53.3 Å². The van der Waals surface area contributed by atoms with Crippen LogP contribution in [0, 0.1) is 13.8 Å². The van der Waals surface area contributed by atoms with Gasteiger partial charge in [-0.3, -0.25) is 9.69 Å². The van der Waals surface area contributed by atoms with Crippen molar-refractivity contribution in [2.45, 2.75) is 40.2 Å². The summed E-state index contributed by atoms with van der Waals surface area (Å²) in [6, 6.07) is 12.6. The van der Waals surface area contributed by atoms with Crippen LogP contribution in [0.3, 0.4) is 0 Å². The minimum atomic E-state index is -0.00595. The van der Waals surface area contributed by atoms with Crippen LogP contribution in [0.25, 0.3) is 0 Å². The number of aryl methyl sites for hydroxylation is 1. The van der Waals surface area contributed by atoms with E-state index in [4.69, 9.17) is 0 Å². The number of hydrogen-bond acceptors (Lipinski definition) is 3. The maximum absolute atomic E-state index is 12.9. The second kappa shape index (κ2) is 7.28. The lowest BCUT2D eigenvalue weighted by Crippen LogP contribution is -2.48. The lowest BCUT2D eigenvalue weighted by Gasteiger charge is -2.35. The molecule has 3 rings (SSSR count). The highest BCUT2D eigenvalue weighted by Crippen LogP contribution is 2.25. The van der Waals surface area contributed by atoms with Gasteiger partial charge in [0.2, 0.25) is 0 Å². The number of carbonyl (C=O) groups is 1. The van der Waals surface area contributed by atoms with Crippen molar-refractivity contribution in [2.75, 3.05) is 37.6 Å². The van der Waals surface area contributed by atoms with Crippen LogP contribution in [-0.2, 0) is 5.54 Å². The molecule has 0 saturated carbocycles. The summed E-state index contributed by atoms with van der Waals surface area (Å²) in [5.74, 6) is 0.238. The van der Waals surface area contributed by atoms with Gasteiger partial charge in [0.05, 0.1) is 6.54 Å². The van der Waals surface area contributed by atoms with E-state index in [1.807, 2.05) is 6.07 Å². The highest BCUT2D eigenvalue weighted by atomic mass is 16.1. The molecule has 2 heterocycles. The fraction of sp³-hybridized carbons (Fsp3) is 0.500. The van der Waals surface area contributed by atoms with Crippen LogP contribution in [-0.4, -0.2) is 48.0 Å². The Morgan fingerprint density at radius 2 is 1.62 bits per heavy atom. The first-order chi connectivity index (χ1) is 12.3. The van der Waals surface area contributed by atoms with Crippen LogP contribution in [0.5, 0.6) is 0 Å². The van der Waals surface area contributed by atoms with E-state index >= 15 is 0 Å². The Kier molecular flexibility index (Phi) is 5.24. The van der Waals surface area contributed by atoms with Gasteiger partial charge in [0.1, 0.15) is 0 Å². The zero-order valence-corrected chi connectivity index (χ0v) is 16.7. The van der Waals surface area contributed by atoms with Crippen molar-refractivity contribution in [3.63, 3.8) is 0 Å². The molecule has 26 heavy (non-hydrogen) atoms.